The number of benzene rings is 1. The van der Waals surface area contributed by atoms with Crippen molar-refractivity contribution in [3.63, 3.8) is 0 Å². The Balaban J connectivity index is 1.25. The molecule has 2 fully saturated rings. The van der Waals surface area contributed by atoms with E-state index in [2.05, 4.69) is 28.2 Å². The van der Waals surface area contributed by atoms with Crippen LogP contribution in [0.2, 0.25) is 0 Å². The number of nitrogens with one attached hydrogen (secondary N) is 1. The number of carbonyl (C=O) groups is 2. The minimum Gasteiger partial charge on any atom is -0.457 e. The van der Waals surface area contributed by atoms with E-state index in [0.717, 1.165) is 42.9 Å². The fourth-order valence-electron chi connectivity index (χ4n) is 5.23. The van der Waals surface area contributed by atoms with Crippen LogP contribution in [0.5, 0.6) is 0 Å². The quantitative estimate of drug-likeness (QED) is 0.721. The molecule has 8 heteroatoms. The number of carbonyl (C=O) groups excluding carboxylic acids is 2. The third kappa shape index (κ3) is 3.99. The summed E-state index contributed by atoms with van der Waals surface area (Å²) in [5.41, 5.74) is 5.38. The summed E-state index contributed by atoms with van der Waals surface area (Å²) in [6, 6.07) is 8.05. The van der Waals surface area contributed by atoms with Crippen molar-refractivity contribution >= 4 is 17.7 Å². The Labute approximate surface area is 193 Å². The molecule has 3 aliphatic heterocycles. The Morgan fingerprint density at radius 2 is 2.12 bits per heavy atom. The van der Waals surface area contributed by atoms with E-state index in [1.54, 1.807) is 11.1 Å². The number of piperazine rings is 1. The molecule has 170 valence electrons. The Hall–Kier alpha value is -3.28. The highest BCUT2D eigenvalue weighted by atomic mass is 16.5. The highest BCUT2D eigenvalue weighted by Crippen LogP contribution is 2.31. The molecule has 3 aliphatic rings. The van der Waals surface area contributed by atoms with Gasteiger partial charge in [-0.25, -0.2) is 9.78 Å². The zero-order valence-corrected chi connectivity index (χ0v) is 18.9. The number of fused-ring (bicyclic) bond motifs is 1. The highest BCUT2D eigenvalue weighted by molar-refractivity contribution is 5.95. The van der Waals surface area contributed by atoms with Gasteiger partial charge >= 0.3 is 5.97 Å². The number of ether oxygens (including phenoxy) is 1. The van der Waals surface area contributed by atoms with Crippen molar-refractivity contribution in [2.24, 2.45) is 5.92 Å². The minimum absolute atomic E-state index is 0.0856. The molecule has 0 spiro atoms. The fraction of sp³-hybridized carbons (Fsp3) is 0.440. The summed E-state index contributed by atoms with van der Waals surface area (Å²) in [6.45, 7) is 8.44. The molecule has 1 amide bonds. The Bertz CT molecular complexity index is 1170. The SMILES string of the molecule is Cc1cc(N2CC(CN3CCN[C@H](c4ccc5c(c4C)COC5=O)C3)CC2=O)ncc1C#N. The molecule has 2 aromatic rings. The molecule has 8 nitrogen and oxygen atoms in total. The molecule has 1 unspecified atom stereocenters. The van der Waals surface area contributed by atoms with Crippen molar-refractivity contribution in [3.8, 4) is 6.07 Å². The molecule has 1 aromatic heterocycles. The smallest absolute Gasteiger partial charge is 0.338 e. The summed E-state index contributed by atoms with van der Waals surface area (Å²) in [7, 11) is 0. The van der Waals surface area contributed by atoms with Crippen molar-refractivity contribution in [3.05, 3.63) is 57.8 Å². The van der Waals surface area contributed by atoms with Gasteiger partial charge in [-0.05, 0) is 48.6 Å². The van der Waals surface area contributed by atoms with Crippen LogP contribution in [-0.4, -0.2) is 54.5 Å². The number of aryl methyl sites for hydroxylation is 1. The van der Waals surface area contributed by atoms with E-state index >= 15 is 0 Å². The number of aromatic nitrogens is 1. The number of hydrogen-bond acceptors (Lipinski definition) is 7. The molecule has 0 bridgehead atoms. The second kappa shape index (κ2) is 8.58. The summed E-state index contributed by atoms with van der Waals surface area (Å²) in [5, 5.41) is 12.7. The number of hydrogen-bond donors (Lipinski definition) is 1. The zero-order chi connectivity index (χ0) is 23.1. The van der Waals surface area contributed by atoms with Gasteiger partial charge in [-0.15, -0.1) is 0 Å². The van der Waals surface area contributed by atoms with Gasteiger partial charge in [0, 0.05) is 56.9 Å². The Morgan fingerprint density at radius 1 is 1.27 bits per heavy atom. The lowest BCUT2D eigenvalue weighted by atomic mass is 9.93. The lowest BCUT2D eigenvalue weighted by Gasteiger charge is -2.36. The minimum atomic E-state index is -0.236. The predicted octanol–water partition coefficient (Wildman–Crippen LogP) is 2.24. The van der Waals surface area contributed by atoms with E-state index in [1.807, 2.05) is 25.1 Å². The topological polar surface area (TPSA) is 98.6 Å². The number of cyclic esters (lactones) is 1. The maximum absolute atomic E-state index is 12.7. The van der Waals surface area contributed by atoms with Gasteiger partial charge in [0.25, 0.3) is 0 Å². The summed E-state index contributed by atoms with van der Waals surface area (Å²) in [6.07, 6.45) is 2.05. The van der Waals surface area contributed by atoms with Crippen LogP contribution in [0.3, 0.4) is 0 Å². The van der Waals surface area contributed by atoms with Gasteiger partial charge in [-0.3, -0.25) is 14.6 Å². The second-order valence-electron chi connectivity index (χ2n) is 9.19. The van der Waals surface area contributed by atoms with Crippen LogP contribution in [-0.2, 0) is 16.1 Å². The zero-order valence-electron chi connectivity index (χ0n) is 18.9. The number of anilines is 1. The summed E-state index contributed by atoms with van der Waals surface area (Å²) in [5.74, 6) is 0.714. The molecule has 2 atom stereocenters. The van der Waals surface area contributed by atoms with E-state index in [-0.39, 0.29) is 23.8 Å². The summed E-state index contributed by atoms with van der Waals surface area (Å²) in [4.78, 5) is 33.1. The largest absolute Gasteiger partial charge is 0.457 e. The molecule has 0 radical (unpaired) electrons. The molecule has 5 rings (SSSR count). The monoisotopic (exact) mass is 445 g/mol. The molecular weight excluding hydrogens is 418 g/mol. The molecule has 0 aliphatic carbocycles. The summed E-state index contributed by atoms with van der Waals surface area (Å²) < 4.78 is 5.21. The third-order valence-corrected chi connectivity index (χ3v) is 7.06. The van der Waals surface area contributed by atoms with Gasteiger partial charge in [0.1, 0.15) is 18.5 Å². The summed E-state index contributed by atoms with van der Waals surface area (Å²) >= 11 is 0. The van der Waals surface area contributed by atoms with Gasteiger partial charge in [0.15, 0.2) is 0 Å². The number of nitriles is 1. The first-order valence-electron chi connectivity index (χ1n) is 11.4. The van der Waals surface area contributed by atoms with Crippen LogP contribution in [0.1, 0.15) is 50.6 Å². The van der Waals surface area contributed by atoms with E-state index in [4.69, 9.17) is 10.00 Å². The average Bonchev–Trinajstić information content (AvgIpc) is 3.37. The molecule has 4 heterocycles. The van der Waals surface area contributed by atoms with Crippen LogP contribution >= 0.6 is 0 Å². The van der Waals surface area contributed by atoms with E-state index in [9.17, 15) is 9.59 Å². The van der Waals surface area contributed by atoms with Crippen molar-refractivity contribution in [2.45, 2.75) is 32.9 Å². The molecule has 1 aromatic carbocycles. The first-order chi connectivity index (χ1) is 15.9. The fourth-order valence-corrected chi connectivity index (χ4v) is 5.23. The Morgan fingerprint density at radius 3 is 2.91 bits per heavy atom. The molecule has 0 saturated carbocycles. The number of nitrogens with zero attached hydrogens (tertiary/aromatic N) is 4. The van der Waals surface area contributed by atoms with Gasteiger partial charge in [-0.2, -0.15) is 5.26 Å². The molecule has 2 saturated heterocycles. The lowest BCUT2D eigenvalue weighted by Crippen LogP contribution is -2.47. The van der Waals surface area contributed by atoms with Crippen LogP contribution in [0, 0.1) is 31.1 Å². The highest BCUT2D eigenvalue weighted by Gasteiger charge is 2.34. The van der Waals surface area contributed by atoms with Crippen LogP contribution in [0.4, 0.5) is 5.82 Å². The van der Waals surface area contributed by atoms with Crippen LogP contribution < -0.4 is 10.2 Å². The normalized spacial score (nSPS) is 22.9. The van der Waals surface area contributed by atoms with Crippen molar-refractivity contribution in [2.75, 3.05) is 37.6 Å². The molecule has 1 N–H and O–H groups in total. The maximum atomic E-state index is 12.7. The Kier molecular flexibility index (Phi) is 5.60. The number of esters is 1. The van der Waals surface area contributed by atoms with Crippen LogP contribution in [0.25, 0.3) is 0 Å². The second-order valence-corrected chi connectivity index (χ2v) is 9.19. The lowest BCUT2D eigenvalue weighted by molar-refractivity contribution is -0.117. The third-order valence-electron chi connectivity index (χ3n) is 7.06. The van der Waals surface area contributed by atoms with E-state index in [1.165, 1.54) is 5.56 Å². The van der Waals surface area contributed by atoms with Gasteiger partial charge in [0.05, 0.1) is 11.1 Å². The van der Waals surface area contributed by atoms with Gasteiger partial charge in [-0.1, -0.05) is 6.07 Å². The van der Waals surface area contributed by atoms with Crippen molar-refractivity contribution in [1.29, 1.82) is 5.26 Å². The van der Waals surface area contributed by atoms with Gasteiger partial charge in [0.2, 0.25) is 5.91 Å². The first-order valence-corrected chi connectivity index (χ1v) is 11.4. The average molecular weight is 446 g/mol. The molecular formula is C25H27N5O3. The van der Waals surface area contributed by atoms with E-state index in [0.29, 0.717) is 36.5 Å². The first kappa shape index (κ1) is 21.6. The maximum Gasteiger partial charge on any atom is 0.338 e. The van der Waals surface area contributed by atoms with E-state index < -0.39 is 0 Å². The van der Waals surface area contributed by atoms with Crippen molar-refractivity contribution in [1.82, 2.24) is 15.2 Å². The number of rotatable bonds is 4. The van der Waals surface area contributed by atoms with Gasteiger partial charge < -0.3 is 10.1 Å². The van der Waals surface area contributed by atoms with Crippen LogP contribution in [0.15, 0.2) is 24.4 Å². The van der Waals surface area contributed by atoms with Crippen molar-refractivity contribution < 1.29 is 14.3 Å². The number of amides is 1. The number of pyridine rings is 1. The standard InChI is InChI=1S/C25H27N5O3/c1-15-7-23(28-10-18(15)9-26)30-12-17(8-24(30)31)11-29-6-5-27-22(13-29)19-3-4-20-21(16(19)2)14-33-25(20)32/h3-4,7,10,17,22,27H,5-6,8,11-14H2,1-2H3/t17?,22-/m0/s1. The molecule has 33 heavy (non-hydrogen) atoms. The predicted molar refractivity (Wildman–Crippen MR) is 122 cm³/mol.